The van der Waals surface area contributed by atoms with E-state index in [0.717, 1.165) is 21.5 Å². The van der Waals surface area contributed by atoms with Crippen LogP contribution in [0.3, 0.4) is 0 Å². The van der Waals surface area contributed by atoms with Crippen LogP contribution in [0.4, 0.5) is 0 Å². The molecule has 0 unspecified atom stereocenters. The fraction of sp³-hybridized carbons (Fsp3) is 0.250. The lowest BCUT2D eigenvalue weighted by molar-refractivity contribution is 0.886. The number of aryl methyl sites for hydroxylation is 2. The predicted octanol–water partition coefficient (Wildman–Crippen LogP) is 2.04. The van der Waals surface area contributed by atoms with Gasteiger partial charge in [0.2, 0.25) is 0 Å². The number of halogens is 1. The van der Waals surface area contributed by atoms with Crippen molar-refractivity contribution in [2.75, 3.05) is 0 Å². The maximum Gasteiger partial charge on any atom is 0.177 e. The number of pyridine rings is 1. The number of fused-ring (bicyclic) bond motifs is 1. The van der Waals surface area contributed by atoms with Gasteiger partial charge in [0.15, 0.2) is 5.65 Å². The van der Waals surface area contributed by atoms with E-state index in [0.29, 0.717) is 0 Å². The Bertz CT molecular complexity index is 433. The summed E-state index contributed by atoms with van der Waals surface area (Å²) in [5.41, 5.74) is 1.86. The molecule has 0 atom stereocenters. The fourth-order valence-corrected chi connectivity index (χ4v) is 1.48. The van der Waals surface area contributed by atoms with Gasteiger partial charge in [-0.15, -0.1) is 0 Å². The molecular weight excluding hydrogens is 218 g/mol. The van der Waals surface area contributed by atoms with E-state index >= 15 is 0 Å². The molecule has 0 aliphatic rings. The molecule has 4 heteroatoms. The summed E-state index contributed by atoms with van der Waals surface area (Å²) in [6.45, 7) is 1.97. The van der Waals surface area contributed by atoms with Crippen molar-refractivity contribution in [1.82, 2.24) is 14.5 Å². The first-order chi connectivity index (χ1) is 5.68. The number of nitrogens with zero attached hydrogens (tertiary/aromatic N) is 3. The van der Waals surface area contributed by atoms with Crippen molar-refractivity contribution in [2.45, 2.75) is 6.92 Å². The van der Waals surface area contributed by atoms with Gasteiger partial charge in [-0.25, -0.2) is 9.97 Å². The summed E-state index contributed by atoms with van der Waals surface area (Å²) >= 11 is 3.37. The highest BCUT2D eigenvalue weighted by atomic mass is 79.9. The minimum Gasteiger partial charge on any atom is -0.330 e. The van der Waals surface area contributed by atoms with Crippen LogP contribution in [0.1, 0.15) is 5.82 Å². The van der Waals surface area contributed by atoms with Gasteiger partial charge < -0.3 is 4.57 Å². The summed E-state index contributed by atoms with van der Waals surface area (Å²) in [5, 5.41) is 0. The standard InChI is InChI=1S/C8H8BrN3/c1-5-11-8-7(12(5)2)3-6(9)4-10-8/h3-4H,1-2H3. The minimum atomic E-state index is 0.804. The third kappa shape index (κ3) is 1.03. The van der Waals surface area contributed by atoms with Gasteiger partial charge in [0.05, 0.1) is 5.52 Å². The van der Waals surface area contributed by atoms with Crippen molar-refractivity contribution < 1.29 is 0 Å². The fourth-order valence-electron chi connectivity index (χ4n) is 1.16. The van der Waals surface area contributed by atoms with E-state index in [9.17, 15) is 0 Å². The third-order valence-corrected chi connectivity index (χ3v) is 2.36. The average molecular weight is 226 g/mol. The number of hydrogen-bond donors (Lipinski definition) is 0. The van der Waals surface area contributed by atoms with Crippen LogP contribution in [0.25, 0.3) is 11.2 Å². The molecule has 0 radical (unpaired) electrons. The van der Waals surface area contributed by atoms with Crippen molar-refractivity contribution in [3.05, 3.63) is 22.6 Å². The van der Waals surface area contributed by atoms with Crippen LogP contribution in [-0.2, 0) is 7.05 Å². The normalized spacial score (nSPS) is 10.9. The molecule has 0 spiro atoms. The van der Waals surface area contributed by atoms with Gasteiger partial charge in [-0.2, -0.15) is 0 Å². The molecule has 2 aromatic rings. The van der Waals surface area contributed by atoms with Crippen LogP contribution < -0.4 is 0 Å². The molecule has 0 aliphatic carbocycles. The monoisotopic (exact) mass is 225 g/mol. The number of aromatic nitrogens is 3. The molecule has 2 aromatic heterocycles. The Balaban J connectivity index is 2.88. The van der Waals surface area contributed by atoms with E-state index in [4.69, 9.17) is 0 Å². The van der Waals surface area contributed by atoms with Crippen molar-refractivity contribution in [3.8, 4) is 0 Å². The molecule has 0 amide bonds. The molecule has 0 fully saturated rings. The van der Waals surface area contributed by atoms with E-state index in [1.54, 1.807) is 6.20 Å². The van der Waals surface area contributed by atoms with Crippen LogP contribution >= 0.6 is 15.9 Å². The smallest absolute Gasteiger partial charge is 0.177 e. The minimum absolute atomic E-state index is 0.804. The zero-order valence-corrected chi connectivity index (χ0v) is 8.46. The first-order valence-electron chi connectivity index (χ1n) is 3.63. The lowest BCUT2D eigenvalue weighted by Crippen LogP contribution is -1.89. The first-order valence-corrected chi connectivity index (χ1v) is 4.42. The number of rotatable bonds is 0. The summed E-state index contributed by atoms with van der Waals surface area (Å²) in [6.07, 6.45) is 1.76. The first kappa shape index (κ1) is 7.73. The quantitative estimate of drug-likeness (QED) is 0.688. The van der Waals surface area contributed by atoms with Crippen LogP contribution in [-0.4, -0.2) is 14.5 Å². The second-order valence-corrected chi connectivity index (χ2v) is 3.63. The van der Waals surface area contributed by atoms with Crippen molar-refractivity contribution in [3.63, 3.8) is 0 Å². The molecule has 0 aliphatic heterocycles. The van der Waals surface area contributed by atoms with E-state index in [1.165, 1.54) is 0 Å². The van der Waals surface area contributed by atoms with E-state index in [1.807, 2.05) is 24.6 Å². The van der Waals surface area contributed by atoms with Crippen molar-refractivity contribution >= 4 is 27.1 Å². The van der Waals surface area contributed by atoms with Crippen LogP contribution in [0.2, 0.25) is 0 Å². The largest absolute Gasteiger partial charge is 0.330 e. The summed E-state index contributed by atoms with van der Waals surface area (Å²) in [4.78, 5) is 8.47. The summed E-state index contributed by atoms with van der Waals surface area (Å²) in [7, 11) is 1.98. The van der Waals surface area contributed by atoms with E-state index in [-0.39, 0.29) is 0 Å². The Kier molecular flexibility index (Phi) is 1.65. The summed E-state index contributed by atoms with van der Waals surface area (Å²) < 4.78 is 3.01. The highest BCUT2D eigenvalue weighted by molar-refractivity contribution is 9.10. The molecule has 12 heavy (non-hydrogen) atoms. The van der Waals surface area contributed by atoms with Gasteiger partial charge in [-0.3, -0.25) is 0 Å². The van der Waals surface area contributed by atoms with E-state index in [2.05, 4.69) is 25.9 Å². The summed E-state index contributed by atoms with van der Waals surface area (Å²) in [6, 6.07) is 2.02. The second-order valence-electron chi connectivity index (χ2n) is 2.71. The Morgan fingerprint density at radius 3 is 3.00 bits per heavy atom. The van der Waals surface area contributed by atoms with Crippen LogP contribution in [0.15, 0.2) is 16.7 Å². The van der Waals surface area contributed by atoms with Gasteiger partial charge >= 0.3 is 0 Å². The zero-order chi connectivity index (χ0) is 8.72. The van der Waals surface area contributed by atoms with Gasteiger partial charge in [0.25, 0.3) is 0 Å². The molecular formula is C8H8BrN3. The predicted molar refractivity (Wildman–Crippen MR) is 50.9 cm³/mol. The van der Waals surface area contributed by atoms with Gasteiger partial charge in [-0.1, -0.05) is 0 Å². The Hall–Kier alpha value is -0.900. The van der Waals surface area contributed by atoms with E-state index < -0.39 is 0 Å². The van der Waals surface area contributed by atoms with Crippen molar-refractivity contribution in [2.24, 2.45) is 7.05 Å². The molecule has 0 N–H and O–H groups in total. The maximum atomic E-state index is 4.28. The molecule has 2 rings (SSSR count). The SMILES string of the molecule is Cc1nc2ncc(Br)cc2n1C. The van der Waals surface area contributed by atoms with Gasteiger partial charge in [-0.05, 0) is 28.9 Å². The molecule has 2 heterocycles. The highest BCUT2D eigenvalue weighted by Gasteiger charge is 2.04. The molecule has 0 aromatic carbocycles. The molecule has 0 bridgehead atoms. The van der Waals surface area contributed by atoms with Crippen LogP contribution in [0, 0.1) is 6.92 Å². The summed E-state index contributed by atoms with van der Waals surface area (Å²) in [5.74, 6) is 0.982. The topological polar surface area (TPSA) is 30.7 Å². The number of hydrogen-bond acceptors (Lipinski definition) is 2. The second kappa shape index (κ2) is 2.55. The molecule has 0 saturated carbocycles. The molecule has 3 nitrogen and oxygen atoms in total. The maximum absolute atomic E-state index is 4.28. The lowest BCUT2D eigenvalue weighted by Gasteiger charge is -1.95. The zero-order valence-electron chi connectivity index (χ0n) is 6.87. The Labute approximate surface area is 78.6 Å². The van der Waals surface area contributed by atoms with Crippen LogP contribution in [0.5, 0.6) is 0 Å². The molecule has 62 valence electrons. The lowest BCUT2D eigenvalue weighted by atomic mass is 10.4. The third-order valence-electron chi connectivity index (χ3n) is 1.93. The highest BCUT2D eigenvalue weighted by Crippen LogP contribution is 2.16. The number of imidazole rings is 1. The molecule has 0 saturated heterocycles. The van der Waals surface area contributed by atoms with Gasteiger partial charge in [0, 0.05) is 17.7 Å². The van der Waals surface area contributed by atoms with Crippen molar-refractivity contribution in [1.29, 1.82) is 0 Å². The average Bonchev–Trinajstić information content (AvgIpc) is 2.31. The Morgan fingerprint density at radius 2 is 2.25 bits per heavy atom. The van der Waals surface area contributed by atoms with Gasteiger partial charge in [0.1, 0.15) is 5.82 Å². The Morgan fingerprint density at radius 1 is 1.50 bits per heavy atom.